The molecule has 2 aliphatic rings. The van der Waals surface area contributed by atoms with Gasteiger partial charge >= 0.3 is 0 Å². The minimum atomic E-state index is 0.556. The molecule has 2 heteroatoms. The van der Waals surface area contributed by atoms with E-state index in [9.17, 15) is 10.2 Å². The fourth-order valence-electron chi connectivity index (χ4n) is 6.87. The van der Waals surface area contributed by atoms with Crippen molar-refractivity contribution >= 4 is 0 Å². The van der Waals surface area contributed by atoms with Crippen LogP contribution in [0.15, 0.2) is 24.3 Å². The van der Waals surface area contributed by atoms with Gasteiger partial charge in [0.25, 0.3) is 0 Å². The van der Waals surface area contributed by atoms with E-state index in [4.69, 9.17) is 0 Å². The number of aryl methyl sites for hydroxylation is 4. The molecule has 0 spiro atoms. The Labute approximate surface area is 220 Å². The Morgan fingerprint density at radius 3 is 1.28 bits per heavy atom. The van der Waals surface area contributed by atoms with Crippen LogP contribution >= 0.6 is 0 Å². The molecule has 198 valence electrons. The molecule has 4 rings (SSSR count). The van der Waals surface area contributed by atoms with Crippen LogP contribution in [0, 0.1) is 13.8 Å². The first-order chi connectivity index (χ1) is 17.5. The first-order valence-electron chi connectivity index (χ1n) is 15.2. The number of phenols is 2. The van der Waals surface area contributed by atoms with E-state index in [0.29, 0.717) is 23.3 Å². The molecule has 2 aromatic carbocycles. The summed E-state index contributed by atoms with van der Waals surface area (Å²) < 4.78 is 0. The molecule has 2 saturated carbocycles. The highest BCUT2D eigenvalue weighted by Gasteiger charge is 2.21. The van der Waals surface area contributed by atoms with Gasteiger partial charge in [0.2, 0.25) is 0 Å². The molecule has 0 amide bonds. The summed E-state index contributed by atoms with van der Waals surface area (Å²) in [6, 6.07) is 9.06. The van der Waals surface area contributed by atoms with Crippen LogP contribution in [-0.4, -0.2) is 10.2 Å². The quantitative estimate of drug-likeness (QED) is 0.308. The molecule has 0 aromatic heterocycles. The van der Waals surface area contributed by atoms with E-state index in [1.165, 1.54) is 125 Å². The van der Waals surface area contributed by atoms with Crippen LogP contribution in [0.4, 0.5) is 0 Å². The molecule has 0 aliphatic heterocycles. The summed E-state index contributed by atoms with van der Waals surface area (Å²) in [5.41, 5.74) is 7.40. The number of phenolic OH excluding ortho intramolecular Hbond substituents is 2. The molecule has 36 heavy (non-hydrogen) atoms. The number of benzene rings is 2. The van der Waals surface area contributed by atoms with Crippen LogP contribution < -0.4 is 0 Å². The number of hydrogen-bond donors (Lipinski definition) is 2. The van der Waals surface area contributed by atoms with Gasteiger partial charge in [-0.25, -0.2) is 0 Å². The van der Waals surface area contributed by atoms with Crippen LogP contribution in [0.2, 0.25) is 0 Å². The first kappa shape index (κ1) is 27.1. The predicted molar refractivity (Wildman–Crippen MR) is 152 cm³/mol. The van der Waals surface area contributed by atoms with E-state index < -0.39 is 0 Å². The zero-order valence-electron chi connectivity index (χ0n) is 23.1. The van der Waals surface area contributed by atoms with Crippen molar-refractivity contribution in [2.75, 3.05) is 0 Å². The summed E-state index contributed by atoms with van der Waals surface area (Å²) in [5, 5.41) is 21.3. The SMILES string of the molecule is Cc1cc(CCCCCCCCc2cc(C)c(O)c(C3CCCCC3)c2)cc(C2CCCCC2)c1O. The Hall–Kier alpha value is -1.96. The lowest BCUT2D eigenvalue weighted by molar-refractivity contribution is 0.412. The lowest BCUT2D eigenvalue weighted by Crippen LogP contribution is -2.06. The van der Waals surface area contributed by atoms with E-state index in [2.05, 4.69) is 38.1 Å². The lowest BCUT2D eigenvalue weighted by atomic mass is 9.82. The normalized spacial score (nSPS) is 17.5. The molecular formula is C34H50O2. The first-order valence-corrected chi connectivity index (χ1v) is 15.2. The molecule has 0 bridgehead atoms. The second kappa shape index (κ2) is 13.5. The predicted octanol–water partition coefficient (Wildman–Crippen LogP) is 9.94. The molecule has 0 radical (unpaired) electrons. The maximum Gasteiger partial charge on any atom is 0.121 e. The van der Waals surface area contributed by atoms with Crippen molar-refractivity contribution in [3.8, 4) is 11.5 Å². The van der Waals surface area contributed by atoms with E-state index in [1.807, 2.05) is 0 Å². The smallest absolute Gasteiger partial charge is 0.121 e. The maximum atomic E-state index is 10.6. The van der Waals surface area contributed by atoms with Gasteiger partial charge in [-0.2, -0.15) is 0 Å². The second-order valence-electron chi connectivity index (χ2n) is 12.0. The van der Waals surface area contributed by atoms with Gasteiger partial charge < -0.3 is 10.2 Å². The van der Waals surface area contributed by atoms with Gasteiger partial charge in [0.05, 0.1) is 0 Å². The van der Waals surface area contributed by atoms with Gasteiger partial charge in [-0.05, 0) is 110 Å². The highest BCUT2D eigenvalue weighted by Crippen LogP contribution is 2.40. The number of aromatic hydroxyl groups is 2. The monoisotopic (exact) mass is 490 g/mol. The van der Waals surface area contributed by atoms with Crippen molar-refractivity contribution in [3.63, 3.8) is 0 Å². The van der Waals surface area contributed by atoms with Crippen molar-refractivity contribution in [2.24, 2.45) is 0 Å². The Morgan fingerprint density at radius 1 is 0.528 bits per heavy atom. The van der Waals surface area contributed by atoms with Crippen molar-refractivity contribution < 1.29 is 10.2 Å². The molecule has 2 fully saturated rings. The Kier molecular flexibility index (Phi) is 10.2. The highest BCUT2D eigenvalue weighted by atomic mass is 16.3. The van der Waals surface area contributed by atoms with Gasteiger partial charge in [0.15, 0.2) is 0 Å². The molecule has 2 aromatic rings. The summed E-state index contributed by atoms with van der Waals surface area (Å²) in [7, 11) is 0. The van der Waals surface area contributed by atoms with E-state index in [1.54, 1.807) is 0 Å². The van der Waals surface area contributed by atoms with Crippen LogP contribution in [0.5, 0.6) is 11.5 Å². The van der Waals surface area contributed by atoms with Gasteiger partial charge in [0, 0.05) is 0 Å². The van der Waals surface area contributed by atoms with E-state index in [0.717, 1.165) is 24.0 Å². The second-order valence-corrected chi connectivity index (χ2v) is 12.0. The Morgan fingerprint density at radius 2 is 0.889 bits per heavy atom. The fourth-order valence-corrected chi connectivity index (χ4v) is 6.87. The van der Waals surface area contributed by atoms with Crippen LogP contribution in [0.3, 0.4) is 0 Å². The molecule has 0 heterocycles. The Balaban J connectivity index is 1.17. The highest BCUT2D eigenvalue weighted by molar-refractivity contribution is 5.46. The molecule has 0 saturated heterocycles. The fraction of sp³-hybridized carbons (Fsp3) is 0.647. The molecule has 0 unspecified atom stereocenters. The van der Waals surface area contributed by atoms with Crippen molar-refractivity contribution in [2.45, 2.75) is 141 Å². The number of unbranched alkanes of at least 4 members (excludes halogenated alkanes) is 5. The summed E-state index contributed by atoms with van der Waals surface area (Å²) in [5.74, 6) is 2.24. The van der Waals surface area contributed by atoms with Crippen molar-refractivity contribution in [1.82, 2.24) is 0 Å². The third kappa shape index (κ3) is 7.30. The van der Waals surface area contributed by atoms with Crippen LogP contribution in [-0.2, 0) is 12.8 Å². The van der Waals surface area contributed by atoms with Gasteiger partial charge in [-0.1, -0.05) is 88.5 Å². The van der Waals surface area contributed by atoms with Crippen LogP contribution in [0.1, 0.15) is 148 Å². The van der Waals surface area contributed by atoms with Gasteiger partial charge in [0.1, 0.15) is 11.5 Å². The van der Waals surface area contributed by atoms with Crippen LogP contribution in [0.25, 0.3) is 0 Å². The average Bonchev–Trinajstić information content (AvgIpc) is 2.90. The molecule has 2 N–H and O–H groups in total. The van der Waals surface area contributed by atoms with Gasteiger partial charge in [-0.3, -0.25) is 0 Å². The topological polar surface area (TPSA) is 40.5 Å². The number of rotatable bonds is 11. The third-order valence-corrected chi connectivity index (χ3v) is 9.05. The minimum absolute atomic E-state index is 0.556. The number of hydrogen-bond acceptors (Lipinski definition) is 2. The minimum Gasteiger partial charge on any atom is -0.507 e. The molecular weight excluding hydrogens is 440 g/mol. The molecule has 0 atom stereocenters. The van der Waals surface area contributed by atoms with Crippen molar-refractivity contribution in [3.05, 3.63) is 57.6 Å². The Bertz CT molecular complexity index is 884. The summed E-state index contributed by atoms with van der Waals surface area (Å²) in [6.07, 6.45) is 22.9. The van der Waals surface area contributed by atoms with Crippen molar-refractivity contribution in [1.29, 1.82) is 0 Å². The lowest BCUT2D eigenvalue weighted by Gasteiger charge is -2.24. The standard InChI is InChI=1S/C34H50O2/c1-25-21-27(23-31(33(25)35)29-17-11-7-12-18-29)15-9-5-3-4-6-10-16-28-22-26(2)34(36)32(24-28)30-19-13-8-14-20-30/h21-24,29-30,35-36H,3-20H2,1-2H3. The maximum absolute atomic E-state index is 10.6. The molecule has 2 nitrogen and oxygen atoms in total. The zero-order chi connectivity index (χ0) is 25.3. The summed E-state index contributed by atoms with van der Waals surface area (Å²) in [6.45, 7) is 4.14. The summed E-state index contributed by atoms with van der Waals surface area (Å²) in [4.78, 5) is 0. The van der Waals surface area contributed by atoms with E-state index >= 15 is 0 Å². The van der Waals surface area contributed by atoms with Gasteiger partial charge in [-0.15, -0.1) is 0 Å². The largest absolute Gasteiger partial charge is 0.507 e. The van der Waals surface area contributed by atoms with E-state index in [-0.39, 0.29) is 0 Å². The molecule has 2 aliphatic carbocycles. The summed E-state index contributed by atoms with van der Waals surface area (Å²) >= 11 is 0. The average molecular weight is 491 g/mol. The zero-order valence-corrected chi connectivity index (χ0v) is 23.1. The third-order valence-electron chi connectivity index (χ3n) is 9.05.